The van der Waals surface area contributed by atoms with Gasteiger partial charge in [-0.2, -0.15) is 0 Å². The molecule has 3 atom stereocenters. The maximum absolute atomic E-state index is 12.5. The van der Waals surface area contributed by atoms with E-state index in [1.54, 1.807) is 0 Å². The molecule has 1 fully saturated rings. The third kappa shape index (κ3) is 4.44. The number of carbonyl (C=O) groups is 3. The molecule has 0 spiro atoms. The summed E-state index contributed by atoms with van der Waals surface area (Å²) in [4.78, 5) is 35.4. The van der Waals surface area contributed by atoms with Crippen molar-refractivity contribution in [1.29, 1.82) is 0 Å². The number of fused-ring (bicyclic) bond motifs is 3. The maximum atomic E-state index is 12.5. The Morgan fingerprint density at radius 3 is 2.31 bits per heavy atom. The van der Waals surface area contributed by atoms with Gasteiger partial charge in [0.05, 0.1) is 12.6 Å². The number of aliphatic hydroxyl groups is 1. The Labute approximate surface area is 184 Å². The summed E-state index contributed by atoms with van der Waals surface area (Å²) in [5, 5.41) is 23.0. The monoisotopic (exact) mass is 440 g/mol. The molecule has 32 heavy (non-hydrogen) atoms. The number of carboxylic acids is 1. The van der Waals surface area contributed by atoms with Gasteiger partial charge in [0.25, 0.3) is 5.91 Å². The number of ether oxygens (including phenoxy) is 2. The van der Waals surface area contributed by atoms with Gasteiger partial charge in [-0.1, -0.05) is 48.5 Å². The van der Waals surface area contributed by atoms with Gasteiger partial charge in [0, 0.05) is 12.5 Å². The van der Waals surface area contributed by atoms with Gasteiger partial charge in [0.1, 0.15) is 6.61 Å². The number of aliphatic hydroxyl groups excluding tert-OH is 1. The molecule has 1 aliphatic carbocycles. The van der Waals surface area contributed by atoms with Gasteiger partial charge >= 0.3 is 12.1 Å². The molecule has 2 aromatic rings. The Bertz CT molecular complexity index is 979. The second kappa shape index (κ2) is 9.37. The zero-order valence-electron chi connectivity index (χ0n) is 17.2. The Morgan fingerprint density at radius 1 is 1.06 bits per heavy atom. The predicted molar refractivity (Wildman–Crippen MR) is 113 cm³/mol. The van der Waals surface area contributed by atoms with E-state index in [9.17, 15) is 19.5 Å². The minimum Gasteiger partial charge on any atom is -0.479 e. The van der Waals surface area contributed by atoms with Crippen LogP contribution in [0.25, 0.3) is 11.1 Å². The SMILES string of the molecule is O=C(N[C@H]1CCO[C@H]1C(=O)NC[C@H](O)C(=O)O)OCC1c2ccccc2-c2ccccc21. The summed E-state index contributed by atoms with van der Waals surface area (Å²) in [5.41, 5.74) is 4.45. The maximum Gasteiger partial charge on any atom is 0.407 e. The fourth-order valence-corrected chi connectivity index (χ4v) is 4.17. The average molecular weight is 440 g/mol. The Balaban J connectivity index is 1.34. The number of hydrogen-bond acceptors (Lipinski definition) is 6. The Hall–Kier alpha value is -3.43. The fraction of sp³-hybridized carbons (Fsp3) is 0.348. The lowest BCUT2D eigenvalue weighted by Crippen LogP contribution is -2.50. The molecule has 2 amide bonds. The molecule has 1 saturated heterocycles. The lowest BCUT2D eigenvalue weighted by atomic mass is 9.98. The highest BCUT2D eigenvalue weighted by atomic mass is 16.6. The average Bonchev–Trinajstić information content (AvgIpc) is 3.38. The summed E-state index contributed by atoms with van der Waals surface area (Å²) in [6.45, 7) is -0.0469. The van der Waals surface area contributed by atoms with Crippen LogP contribution in [0.15, 0.2) is 48.5 Å². The molecule has 9 heteroatoms. The van der Waals surface area contributed by atoms with E-state index in [1.165, 1.54) is 0 Å². The van der Waals surface area contributed by atoms with Gasteiger partial charge in [0.15, 0.2) is 12.2 Å². The Kier molecular flexibility index (Phi) is 6.38. The zero-order chi connectivity index (χ0) is 22.7. The van der Waals surface area contributed by atoms with E-state index in [2.05, 4.69) is 22.8 Å². The van der Waals surface area contributed by atoms with Crippen LogP contribution in [0, 0.1) is 0 Å². The summed E-state index contributed by atoms with van der Waals surface area (Å²) in [7, 11) is 0. The molecule has 0 aromatic heterocycles. The highest BCUT2D eigenvalue weighted by Gasteiger charge is 2.36. The summed E-state index contributed by atoms with van der Waals surface area (Å²) in [5.74, 6) is -2.12. The molecule has 0 saturated carbocycles. The largest absolute Gasteiger partial charge is 0.479 e. The first kappa shape index (κ1) is 21.8. The fourth-order valence-electron chi connectivity index (χ4n) is 4.17. The molecule has 4 N–H and O–H groups in total. The Morgan fingerprint density at radius 2 is 1.69 bits per heavy atom. The molecule has 0 radical (unpaired) electrons. The van der Waals surface area contributed by atoms with Crippen LogP contribution in [0.5, 0.6) is 0 Å². The third-order valence-corrected chi connectivity index (χ3v) is 5.75. The molecule has 2 aliphatic rings. The van der Waals surface area contributed by atoms with E-state index < -0.39 is 42.8 Å². The first-order chi connectivity index (χ1) is 15.5. The van der Waals surface area contributed by atoms with E-state index >= 15 is 0 Å². The number of carbonyl (C=O) groups excluding carboxylic acids is 2. The molecule has 168 valence electrons. The van der Waals surface area contributed by atoms with Crippen LogP contribution in [0.3, 0.4) is 0 Å². The van der Waals surface area contributed by atoms with Crippen LogP contribution in [0.1, 0.15) is 23.5 Å². The van der Waals surface area contributed by atoms with Crippen molar-refractivity contribution in [2.24, 2.45) is 0 Å². The quantitative estimate of drug-likeness (QED) is 0.509. The van der Waals surface area contributed by atoms with Gasteiger partial charge in [-0.15, -0.1) is 0 Å². The van der Waals surface area contributed by atoms with Crippen LogP contribution >= 0.6 is 0 Å². The second-order valence-electron chi connectivity index (χ2n) is 7.76. The van der Waals surface area contributed by atoms with Crippen LogP contribution in [0.4, 0.5) is 4.79 Å². The van der Waals surface area contributed by atoms with E-state index in [0.717, 1.165) is 22.3 Å². The minimum atomic E-state index is -1.71. The molecular formula is C23H24N2O7. The zero-order valence-corrected chi connectivity index (χ0v) is 17.2. The van der Waals surface area contributed by atoms with Gasteiger partial charge in [-0.25, -0.2) is 9.59 Å². The van der Waals surface area contributed by atoms with Crippen LogP contribution in [-0.4, -0.2) is 66.2 Å². The number of benzene rings is 2. The van der Waals surface area contributed by atoms with Crippen molar-refractivity contribution in [2.75, 3.05) is 19.8 Å². The number of carboxylic acid groups (broad SMARTS) is 1. The van der Waals surface area contributed by atoms with Crippen LogP contribution in [0.2, 0.25) is 0 Å². The highest BCUT2D eigenvalue weighted by molar-refractivity contribution is 5.84. The standard InChI is InChI=1S/C23H24N2O7/c26-19(22(28)29)11-24-21(27)20-18(9-10-31-20)25-23(30)32-12-17-15-7-3-1-5-13(15)14-6-2-4-8-16(14)17/h1-8,17-20,26H,9-12H2,(H,24,27)(H,25,30)(H,28,29)/t18-,19-,20+/m0/s1. The van der Waals surface area contributed by atoms with Crippen molar-refractivity contribution in [3.05, 3.63) is 59.7 Å². The number of aliphatic carboxylic acids is 1. The minimum absolute atomic E-state index is 0.0791. The molecule has 9 nitrogen and oxygen atoms in total. The van der Waals surface area contributed by atoms with E-state index in [4.69, 9.17) is 14.6 Å². The van der Waals surface area contributed by atoms with E-state index in [0.29, 0.717) is 6.42 Å². The van der Waals surface area contributed by atoms with Crippen LogP contribution < -0.4 is 10.6 Å². The lowest BCUT2D eigenvalue weighted by molar-refractivity contribution is -0.146. The highest BCUT2D eigenvalue weighted by Crippen LogP contribution is 2.44. The van der Waals surface area contributed by atoms with Crippen molar-refractivity contribution in [3.63, 3.8) is 0 Å². The summed E-state index contributed by atoms with van der Waals surface area (Å²) in [6, 6.07) is 15.4. The van der Waals surface area contributed by atoms with Gasteiger partial charge in [-0.05, 0) is 28.7 Å². The first-order valence-corrected chi connectivity index (χ1v) is 10.4. The summed E-state index contributed by atoms with van der Waals surface area (Å²) in [6.07, 6.45) is -2.96. The number of amides is 2. The van der Waals surface area contributed by atoms with E-state index in [1.807, 2.05) is 36.4 Å². The number of rotatable bonds is 7. The number of hydrogen-bond donors (Lipinski definition) is 4. The molecule has 2 aromatic carbocycles. The van der Waals surface area contributed by atoms with Crippen molar-refractivity contribution in [1.82, 2.24) is 10.6 Å². The number of alkyl carbamates (subject to hydrolysis) is 1. The van der Waals surface area contributed by atoms with Crippen molar-refractivity contribution < 1.29 is 34.1 Å². The third-order valence-electron chi connectivity index (χ3n) is 5.75. The van der Waals surface area contributed by atoms with Crippen molar-refractivity contribution >= 4 is 18.0 Å². The van der Waals surface area contributed by atoms with Gasteiger partial charge in [0.2, 0.25) is 0 Å². The molecule has 1 heterocycles. The van der Waals surface area contributed by atoms with Gasteiger partial charge < -0.3 is 30.3 Å². The smallest absolute Gasteiger partial charge is 0.407 e. The van der Waals surface area contributed by atoms with E-state index in [-0.39, 0.29) is 19.1 Å². The molecular weight excluding hydrogens is 416 g/mol. The van der Waals surface area contributed by atoms with Crippen molar-refractivity contribution in [2.45, 2.75) is 30.6 Å². The molecule has 0 unspecified atom stereocenters. The summed E-state index contributed by atoms with van der Waals surface area (Å²) >= 11 is 0. The normalized spacial score (nSPS) is 20.2. The van der Waals surface area contributed by atoms with Gasteiger partial charge in [-0.3, -0.25) is 4.79 Å². The lowest BCUT2D eigenvalue weighted by Gasteiger charge is -2.20. The molecule has 1 aliphatic heterocycles. The summed E-state index contributed by atoms with van der Waals surface area (Å²) < 4.78 is 10.9. The van der Waals surface area contributed by atoms with Crippen LogP contribution in [-0.2, 0) is 19.1 Å². The molecule has 0 bridgehead atoms. The van der Waals surface area contributed by atoms with Crippen molar-refractivity contribution in [3.8, 4) is 11.1 Å². The second-order valence-corrected chi connectivity index (χ2v) is 7.76. The first-order valence-electron chi connectivity index (χ1n) is 10.4. The molecule has 4 rings (SSSR count). The number of nitrogens with one attached hydrogen (secondary N) is 2. The topological polar surface area (TPSA) is 134 Å². The predicted octanol–water partition coefficient (Wildman–Crippen LogP) is 1.24.